The van der Waals surface area contributed by atoms with Gasteiger partial charge in [0, 0.05) is 11.1 Å². The van der Waals surface area contributed by atoms with Crippen LogP contribution in [-0.4, -0.2) is 24.6 Å². The number of aryl methyl sites for hydroxylation is 1. The van der Waals surface area contributed by atoms with Gasteiger partial charge in [-0.05, 0) is 25.5 Å². The van der Waals surface area contributed by atoms with E-state index in [0.29, 0.717) is 11.5 Å². The Morgan fingerprint density at radius 2 is 2.09 bits per heavy atom. The number of para-hydroxylation sites is 2. The van der Waals surface area contributed by atoms with Crippen molar-refractivity contribution in [3.63, 3.8) is 0 Å². The highest BCUT2D eigenvalue weighted by Crippen LogP contribution is 2.25. The molecule has 0 fully saturated rings. The molecule has 5 nitrogen and oxygen atoms in total. The van der Waals surface area contributed by atoms with Crippen molar-refractivity contribution in [2.75, 3.05) is 13.7 Å². The predicted molar refractivity (Wildman–Crippen MR) is 86.5 cm³/mol. The van der Waals surface area contributed by atoms with E-state index in [0.717, 1.165) is 17.1 Å². The van der Waals surface area contributed by atoms with Crippen molar-refractivity contribution in [2.24, 2.45) is 0 Å². The standard InChI is InChI=1S/C16H20N2O3S/c1-4-12(16-17-11(2)10-22-16)18-15(19)9-21-14-8-6-5-7-13(14)20-3/h5-8,10,12H,4,9H2,1-3H3,(H,18,19). The number of carbonyl (C=O) groups excluding carboxylic acids is 1. The lowest BCUT2D eigenvalue weighted by molar-refractivity contribution is -0.123. The number of amides is 1. The third-order valence-corrected chi connectivity index (χ3v) is 4.18. The SMILES string of the molecule is CCC(NC(=O)COc1ccccc1OC)c1nc(C)cs1. The zero-order chi connectivity index (χ0) is 15.9. The highest BCUT2D eigenvalue weighted by Gasteiger charge is 2.16. The molecule has 1 aromatic carbocycles. The number of hydrogen-bond donors (Lipinski definition) is 1. The fourth-order valence-corrected chi connectivity index (χ4v) is 2.92. The van der Waals surface area contributed by atoms with E-state index in [1.54, 1.807) is 30.6 Å². The smallest absolute Gasteiger partial charge is 0.258 e. The Morgan fingerprint density at radius 3 is 2.68 bits per heavy atom. The van der Waals surface area contributed by atoms with Crippen molar-refractivity contribution < 1.29 is 14.3 Å². The van der Waals surface area contributed by atoms with Gasteiger partial charge in [-0.2, -0.15) is 0 Å². The molecule has 2 aromatic rings. The first kappa shape index (κ1) is 16.3. The minimum Gasteiger partial charge on any atom is -0.493 e. The Balaban J connectivity index is 1.92. The second-order valence-corrected chi connectivity index (χ2v) is 5.68. The number of benzene rings is 1. The first-order chi connectivity index (χ1) is 10.6. The molecule has 1 aromatic heterocycles. The van der Waals surface area contributed by atoms with Crippen molar-refractivity contribution in [3.05, 3.63) is 40.3 Å². The largest absolute Gasteiger partial charge is 0.493 e. The summed E-state index contributed by atoms with van der Waals surface area (Å²) < 4.78 is 10.7. The van der Waals surface area contributed by atoms with E-state index in [1.165, 1.54) is 0 Å². The molecule has 1 N–H and O–H groups in total. The van der Waals surface area contributed by atoms with Crippen LogP contribution >= 0.6 is 11.3 Å². The van der Waals surface area contributed by atoms with Gasteiger partial charge < -0.3 is 14.8 Å². The maximum absolute atomic E-state index is 12.1. The van der Waals surface area contributed by atoms with E-state index in [-0.39, 0.29) is 18.6 Å². The lowest BCUT2D eigenvalue weighted by Crippen LogP contribution is -2.32. The molecule has 0 aliphatic rings. The van der Waals surface area contributed by atoms with Gasteiger partial charge in [0.25, 0.3) is 5.91 Å². The Kier molecular flexibility index (Phi) is 5.77. The lowest BCUT2D eigenvalue weighted by Gasteiger charge is -2.15. The minimum absolute atomic E-state index is 0.0543. The molecule has 1 atom stereocenters. The maximum atomic E-state index is 12.1. The average molecular weight is 320 g/mol. The summed E-state index contributed by atoms with van der Waals surface area (Å²) in [7, 11) is 1.57. The van der Waals surface area contributed by atoms with Crippen LogP contribution in [-0.2, 0) is 4.79 Å². The number of nitrogens with zero attached hydrogens (tertiary/aromatic N) is 1. The number of nitrogens with one attached hydrogen (secondary N) is 1. The van der Waals surface area contributed by atoms with E-state index in [1.807, 2.05) is 31.4 Å². The van der Waals surface area contributed by atoms with E-state index < -0.39 is 0 Å². The quantitative estimate of drug-likeness (QED) is 0.851. The molecular formula is C16H20N2O3S. The third kappa shape index (κ3) is 4.21. The van der Waals surface area contributed by atoms with Gasteiger partial charge >= 0.3 is 0 Å². The summed E-state index contributed by atoms with van der Waals surface area (Å²) in [6, 6.07) is 7.17. The molecule has 1 unspecified atom stereocenters. The van der Waals surface area contributed by atoms with E-state index in [4.69, 9.17) is 9.47 Å². The zero-order valence-electron chi connectivity index (χ0n) is 13.0. The molecule has 1 heterocycles. The number of rotatable bonds is 7. The third-order valence-electron chi connectivity index (χ3n) is 3.11. The first-order valence-electron chi connectivity index (χ1n) is 7.11. The number of aromatic nitrogens is 1. The Morgan fingerprint density at radius 1 is 1.36 bits per heavy atom. The van der Waals surface area contributed by atoms with Crippen LogP contribution < -0.4 is 14.8 Å². The van der Waals surface area contributed by atoms with Gasteiger partial charge in [-0.1, -0.05) is 19.1 Å². The molecular weight excluding hydrogens is 300 g/mol. The molecule has 22 heavy (non-hydrogen) atoms. The highest BCUT2D eigenvalue weighted by molar-refractivity contribution is 7.09. The van der Waals surface area contributed by atoms with Gasteiger partial charge in [0.2, 0.25) is 0 Å². The fraction of sp³-hybridized carbons (Fsp3) is 0.375. The molecule has 0 aliphatic carbocycles. The number of thiazole rings is 1. The lowest BCUT2D eigenvalue weighted by atomic mass is 10.2. The fourth-order valence-electron chi connectivity index (χ4n) is 1.99. The monoisotopic (exact) mass is 320 g/mol. The molecule has 0 aliphatic heterocycles. The maximum Gasteiger partial charge on any atom is 0.258 e. The van der Waals surface area contributed by atoms with Crippen molar-refractivity contribution in [1.82, 2.24) is 10.3 Å². The normalized spacial score (nSPS) is 11.8. The Hall–Kier alpha value is -2.08. The van der Waals surface area contributed by atoms with Crippen LogP contribution in [0, 0.1) is 6.92 Å². The van der Waals surface area contributed by atoms with E-state index in [2.05, 4.69) is 10.3 Å². The molecule has 0 radical (unpaired) electrons. The van der Waals surface area contributed by atoms with Gasteiger partial charge in [0.1, 0.15) is 5.01 Å². The van der Waals surface area contributed by atoms with Gasteiger partial charge in [-0.3, -0.25) is 4.79 Å². The van der Waals surface area contributed by atoms with Crippen molar-refractivity contribution in [1.29, 1.82) is 0 Å². The van der Waals surface area contributed by atoms with Gasteiger partial charge in [-0.15, -0.1) is 11.3 Å². The van der Waals surface area contributed by atoms with Crippen LogP contribution in [0.1, 0.15) is 30.1 Å². The summed E-state index contributed by atoms with van der Waals surface area (Å²) in [6.45, 7) is 3.91. The number of carbonyl (C=O) groups is 1. The van der Waals surface area contributed by atoms with Crippen LogP contribution in [0.4, 0.5) is 0 Å². The molecule has 0 spiro atoms. The average Bonchev–Trinajstić information content (AvgIpc) is 2.97. The molecule has 2 rings (SSSR count). The second kappa shape index (κ2) is 7.79. The molecule has 1 amide bonds. The van der Waals surface area contributed by atoms with Gasteiger partial charge in [0.15, 0.2) is 18.1 Å². The van der Waals surface area contributed by atoms with Crippen LogP contribution in [0.15, 0.2) is 29.6 Å². The minimum atomic E-state index is -0.175. The van der Waals surface area contributed by atoms with Gasteiger partial charge in [-0.25, -0.2) is 4.98 Å². The number of ether oxygens (including phenoxy) is 2. The number of methoxy groups -OCH3 is 1. The molecule has 0 saturated carbocycles. The summed E-state index contributed by atoms with van der Waals surface area (Å²) >= 11 is 1.56. The summed E-state index contributed by atoms with van der Waals surface area (Å²) in [5, 5.41) is 5.85. The summed E-state index contributed by atoms with van der Waals surface area (Å²) in [5.41, 5.74) is 0.970. The molecule has 0 saturated heterocycles. The van der Waals surface area contributed by atoms with Gasteiger partial charge in [0.05, 0.1) is 13.2 Å². The summed E-state index contributed by atoms with van der Waals surface area (Å²) in [4.78, 5) is 16.5. The van der Waals surface area contributed by atoms with Crippen LogP contribution in [0.5, 0.6) is 11.5 Å². The Labute approximate surface area is 134 Å². The van der Waals surface area contributed by atoms with Crippen LogP contribution in [0.3, 0.4) is 0 Å². The summed E-state index contributed by atoms with van der Waals surface area (Å²) in [5.74, 6) is 0.988. The zero-order valence-corrected chi connectivity index (χ0v) is 13.8. The van der Waals surface area contributed by atoms with E-state index in [9.17, 15) is 4.79 Å². The molecule has 0 bridgehead atoms. The summed E-state index contributed by atoms with van der Waals surface area (Å²) in [6.07, 6.45) is 0.785. The van der Waals surface area contributed by atoms with Crippen molar-refractivity contribution in [2.45, 2.75) is 26.3 Å². The second-order valence-electron chi connectivity index (χ2n) is 4.80. The predicted octanol–water partition coefficient (Wildman–Crippen LogP) is 3.11. The highest BCUT2D eigenvalue weighted by atomic mass is 32.1. The molecule has 6 heteroatoms. The van der Waals surface area contributed by atoms with Crippen LogP contribution in [0.2, 0.25) is 0 Å². The topological polar surface area (TPSA) is 60.5 Å². The van der Waals surface area contributed by atoms with Crippen molar-refractivity contribution >= 4 is 17.2 Å². The Bertz CT molecular complexity index is 627. The first-order valence-corrected chi connectivity index (χ1v) is 7.99. The number of hydrogen-bond acceptors (Lipinski definition) is 5. The van der Waals surface area contributed by atoms with Crippen molar-refractivity contribution in [3.8, 4) is 11.5 Å². The van der Waals surface area contributed by atoms with Crippen LogP contribution in [0.25, 0.3) is 0 Å². The molecule has 118 valence electrons. The van der Waals surface area contributed by atoms with E-state index >= 15 is 0 Å².